The Kier molecular flexibility index (Phi) is 5.98. The van der Waals surface area contributed by atoms with E-state index in [0.717, 1.165) is 48.4 Å². The highest BCUT2D eigenvalue weighted by Crippen LogP contribution is 2.26. The summed E-state index contributed by atoms with van der Waals surface area (Å²) >= 11 is 0. The van der Waals surface area contributed by atoms with Crippen LogP contribution in [-0.4, -0.2) is 49.4 Å². The predicted molar refractivity (Wildman–Crippen MR) is 132 cm³/mol. The highest BCUT2D eigenvalue weighted by Gasteiger charge is 2.23. The third-order valence-electron chi connectivity index (χ3n) is 6.56. The Hall–Kier alpha value is -3.78. The van der Waals surface area contributed by atoms with E-state index in [2.05, 4.69) is 15.5 Å². The zero-order valence-corrected chi connectivity index (χ0v) is 19.2. The molecule has 0 aliphatic carbocycles. The van der Waals surface area contributed by atoms with Gasteiger partial charge < -0.3 is 9.47 Å². The van der Waals surface area contributed by atoms with Crippen molar-refractivity contribution < 1.29 is 9.72 Å². The quantitative estimate of drug-likeness (QED) is 0.171. The second-order valence-corrected chi connectivity index (χ2v) is 8.78. The van der Waals surface area contributed by atoms with E-state index in [9.17, 15) is 14.9 Å². The van der Waals surface area contributed by atoms with Crippen molar-refractivity contribution in [2.24, 2.45) is 0 Å². The Morgan fingerprint density at radius 2 is 1.74 bits per heavy atom. The summed E-state index contributed by atoms with van der Waals surface area (Å²) in [5, 5.41) is 15.6. The largest absolute Gasteiger partial charge is 0.322 e. The van der Waals surface area contributed by atoms with E-state index in [1.54, 1.807) is 18.2 Å². The number of nitrogens with zero attached hydrogens (tertiary/aromatic N) is 5. The standard InChI is InChI=1S/C26H27N5O3/c1-19-25(24(32)14-11-20-9-12-21(13-10-20)31(33)34)26-29(18-17-28-15-5-2-6-16-28)22-7-3-4-8-23(22)30(26)27-19/h3-4,7-14H,2,5-6,15-18H2,1H3. The van der Waals surface area contributed by atoms with Gasteiger partial charge in [0.15, 0.2) is 5.78 Å². The molecule has 1 aliphatic rings. The van der Waals surface area contributed by atoms with Crippen molar-refractivity contribution in [3.8, 4) is 0 Å². The number of fused-ring (bicyclic) bond motifs is 3. The lowest BCUT2D eigenvalue weighted by Crippen LogP contribution is -2.32. The van der Waals surface area contributed by atoms with Crippen molar-refractivity contribution in [2.45, 2.75) is 32.7 Å². The molecule has 3 heterocycles. The van der Waals surface area contributed by atoms with Crippen LogP contribution in [0.1, 0.15) is 40.9 Å². The van der Waals surface area contributed by atoms with E-state index in [1.807, 2.05) is 29.6 Å². The molecule has 0 amide bonds. The van der Waals surface area contributed by atoms with Crippen LogP contribution in [0.3, 0.4) is 0 Å². The molecule has 0 bridgehead atoms. The maximum absolute atomic E-state index is 13.4. The normalized spacial score (nSPS) is 15.0. The smallest absolute Gasteiger partial charge is 0.269 e. The molecule has 0 unspecified atom stereocenters. The first-order valence-electron chi connectivity index (χ1n) is 11.7. The number of rotatable bonds is 7. The molecule has 1 saturated heterocycles. The average molecular weight is 458 g/mol. The zero-order valence-electron chi connectivity index (χ0n) is 19.2. The number of benzene rings is 2. The molecule has 1 aliphatic heterocycles. The van der Waals surface area contributed by atoms with E-state index in [1.165, 1.54) is 37.5 Å². The molecule has 2 aromatic carbocycles. The maximum atomic E-state index is 13.4. The van der Waals surface area contributed by atoms with E-state index < -0.39 is 4.92 Å². The monoisotopic (exact) mass is 457 g/mol. The van der Waals surface area contributed by atoms with E-state index in [0.29, 0.717) is 11.3 Å². The summed E-state index contributed by atoms with van der Waals surface area (Å²) in [4.78, 5) is 26.3. The first-order valence-corrected chi connectivity index (χ1v) is 11.7. The van der Waals surface area contributed by atoms with Gasteiger partial charge in [-0.3, -0.25) is 14.9 Å². The number of para-hydroxylation sites is 2. The lowest BCUT2D eigenvalue weighted by molar-refractivity contribution is -0.384. The molecule has 5 rings (SSSR count). The van der Waals surface area contributed by atoms with Crippen LogP contribution >= 0.6 is 0 Å². The number of carbonyl (C=O) groups excluding carboxylic acids is 1. The van der Waals surface area contributed by atoms with Gasteiger partial charge in [0.05, 0.1) is 27.2 Å². The van der Waals surface area contributed by atoms with Crippen LogP contribution in [0, 0.1) is 17.0 Å². The Morgan fingerprint density at radius 3 is 2.44 bits per heavy atom. The first-order chi connectivity index (χ1) is 16.5. The van der Waals surface area contributed by atoms with Crippen LogP contribution in [-0.2, 0) is 6.54 Å². The molecule has 174 valence electrons. The molecule has 34 heavy (non-hydrogen) atoms. The number of aromatic nitrogens is 3. The van der Waals surface area contributed by atoms with Gasteiger partial charge in [0.1, 0.15) is 5.65 Å². The number of carbonyl (C=O) groups is 1. The summed E-state index contributed by atoms with van der Waals surface area (Å²) in [6.07, 6.45) is 7.00. The SMILES string of the molecule is Cc1nn2c3ccccc3n(CCN3CCCCC3)c2c1C(=O)C=Cc1ccc([N+](=O)[O-])cc1. The molecule has 1 fully saturated rings. The van der Waals surface area contributed by atoms with Gasteiger partial charge in [0, 0.05) is 25.2 Å². The first kappa shape index (κ1) is 22.0. The van der Waals surface area contributed by atoms with Crippen molar-refractivity contribution in [3.63, 3.8) is 0 Å². The molecule has 4 aromatic rings. The lowest BCUT2D eigenvalue weighted by Gasteiger charge is -2.26. The van der Waals surface area contributed by atoms with Gasteiger partial charge in [-0.1, -0.05) is 24.6 Å². The summed E-state index contributed by atoms with van der Waals surface area (Å²) in [6.45, 7) is 5.83. The predicted octanol–water partition coefficient (Wildman–Crippen LogP) is 4.89. The number of nitro groups is 1. The number of aryl methyl sites for hydroxylation is 1. The average Bonchev–Trinajstić information content (AvgIpc) is 3.35. The van der Waals surface area contributed by atoms with Gasteiger partial charge in [0.25, 0.3) is 5.69 Å². The van der Waals surface area contributed by atoms with Gasteiger partial charge in [0.2, 0.25) is 0 Å². The lowest BCUT2D eigenvalue weighted by atomic mass is 10.1. The van der Waals surface area contributed by atoms with Crippen LogP contribution < -0.4 is 0 Å². The Balaban J connectivity index is 1.50. The highest BCUT2D eigenvalue weighted by atomic mass is 16.6. The fourth-order valence-corrected chi connectivity index (χ4v) is 4.82. The zero-order chi connectivity index (χ0) is 23.7. The number of hydrogen-bond donors (Lipinski definition) is 0. The van der Waals surface area contributed by atoms with Crippen LogP contribution in [0.5, 0.6) is 0 Å². The number of likely N-dealkylation sites (tertiary alicyclic amines) is 1. The minimum absolute atomic E-state index is 0.0240. The molecular formula is C26H27N5O3. The molecule has 0 saturated carbocycles. The van der Waals surface area contributed by atoms with E-state index in [4.69, 9.17) is 5.10 Å². The number of nitro benzene ring substituents is 1. The number of piperidine rings is 1. The van der Waals surface area contributed by atoms with E-state index in [-0.39, 0.29) is 11.5 Å². The molecule has 0 N–H and O–H groups in total. The summed E-state index contributed by atoms with van der Waals surface area (Å²) in [6, 6.07) is 14.3. The third-order valence-corrected chi connectivity index (χ3v) is 6.56. The molecule has 2 aromatic heterocycles. The van der Waals surface area contributed by atoms with Crippen LogP contribution in [0.4, 0.5) is 5.69 Å². The Morgan fingerprint density at radius 1 is 1.03 bits per heavy atom. The van der Waals surface area contributed by atoms with Crippen LogP contribution in [0.25, 0.3) is 22.8 Å². The van der Waals surface area contributed by atoms with Crippen molar-refractivity contribution in [3.05, 3.63) is 81.5 Å². The van der Waals surface area contributed by atoms with Gasteiger partial charge in [-0.15, -0.1) is 0 Å². The van der Waals surface area contributed by atoms with Gasteiger partial charge >= 0.3 is 0 Å². The van der Waals surface area contributed by atoms with Crippen molar-refractivity contribution in [1.82, 2.24) is 19.1 Å². The van der Waals surface area contributed by atoms with Gasteiger partial charge in [-0.2, -0.15) is 5.10 Å². The number of non-ortho nitro benzene ring substituents is 1. The Labute approximate surface area is 197 Å². The molecular weight excluding hydrogens is 430 g/mol. The summed E-state index contributed by atoms with van der Waals surface area (Å²) < 4.78 is 4.10. The van der Waals surface area contributed by atoms with Crippen molar-refractivity contribution in [1.29, 1.82) is 0 Å². The number of imidazole rings is 1. The van der Waals surface area contributed by atoms with E-state index >= 15 is 0 Å². The molecule has 8 nitrogen and oxygen atoms in total. The summed E-state index contributed by atoms with van der Waals surface area (Å²) in [5.74, 6) is -0.132. The van der Waals surface area contributed by atoms with Crippen molar-refractivity contribution >= 4 is 34.2 Å². The molecule has 0 radical (unpaired) electrons. The highest BCUT2D eigenvalue weighted by molar-refractivity contribution is 6.12. The number of hydrogen-bond acceptors (Lipinski definition) is 5. The summed E-state index contributed by atoms with van der Waals surface area (Å²) in [7, 11) is 0. The second-order valence-electron chi connectivity index (χ2n) is 8.78. The Bertz CT molecular complexity index is 1390. The van der Waals surface area contributed by atoms with Gasteiger partial charge in [-0.25, -0.2) is 4.52 Å². The molecule has 8 heteroatoms. The molecule has 0 atom stereocenters. The van der Waals surface area contributed by atoms with Crippen molar-refractivity contribution in [2.75, 3.05) is 19.6 Å². The fraction of sp³-hybridized carbons (Fsp3) is 0.308. The number of allylic oxidation sites excluding steroid dienone is 1. The van der Waals surface area contributed by atoms with Gasteiger partial charge in [-0.05, 0) is 68.8 Å². The maximum Gasteiger partial charge on any atom is 0.269 e. The minimum Gasteiger partial charge on any atom is -0.322 e. The van der Waals surface area contributed by atoms with Crippen LogP contribution in [0.15, 0.2) is 54.6 Å². The molecule has 0 spiro atoms. The second kappa shape index (κ2) is 9.23. The summed E-state index contributed by atoms with van der Waals surface area (Å²) in [5.41, 5.74) is 4.89. The minimum atomic E-state index is -0.436. The topological polar surface area (TPSA) is 85.7 Å². The van der Waals surface area contributed by atoms with Crippen LogP contribution in [0.2, 0.25) is 0 Å². The fourth-order valence-electron chi connectivity index (χ4n) is 4.82. The third kappa shape index (κ3) is 4.12. The number of ketones is 1.